The number of esters is 1. The van der Waals surface area contributed by atoms with Crippen LogP contribution in [0, 0.1) is 41.4 Å². The van der Waals surface area contributed by atoms with E-state index in [4.69, 9.17) is 4.74 Å². The molecule has 1 aliphatic heterocycles. The van der Waals surface area contributed by atoms with Crippen LogP contribution in [-0.2, 0) is 14.3 Å². The van der Waals surface area contributed by atoms with Gasteiger partial charge in [0.1, 0.15) is 0 Å². The topological polar surface area (TPSA) is 55.8 Å². The molecule has 1 saturated heterocycles. The lowest BCUT2D eigenvalue weighted by Gasteiger charge is -2.39. The highest BCUT2D eigenvalue weighted by atomic mass is 19.4. The Hall–Kier alpha value is -0.960. The van der Waals surface area contributed by atoms with Gasteiger partial charge in [0, 0.05) is 0 Å². The average molecular weight is 410 g/mol. The fourth-order valence-corrected chi connectivity index (χ4v) is 7.27. The van der Waals surface area contributed by atoms with Crippen molar-refractivity contribution in [3.63, 3.8) is 0 Å². The largest absolute Gasteiger partial charge is 0.450 e. The highest BCUT2D eigenvalue weighted by Gasteiger charge is 2.83. The third-order valence-electron chi connectivity index (χ3n) is 8.39. The van der Waals surface area contributed by atoms with Crippen LogP contribution in [0.4, 0.5) is 22.0 Å². The molecule has 4 saturated carbocycles. The molecule has 1 N–H and O–H groups in total. The number of hydrogen-bond acceptors (Lipinski definition) is 4. The molecular formula is C19H23F5O4. The molecule has 5 fully saturated rings. The first kappa shape index (κ1) is 19.0. The Morgan fingerprint density at radius 2 is 1.71 bits per heavy atom. The van der Waals surface area contributed by atoms with E-state index in [9.17, 15) is 31.9 Å². The van der Waals surface area contributed by atoms with Gasteiger partial charge in [0.15, 0.2) is 0 Å². The first-order chi connectivity index (χ1) is 12.9. The second-order valence-electron chi connectivity index (χ2n) is 9.65. The molecule has 0 aromatic rings. The second-order valence-corrected chi connectivity index (χ2v) is 9.65. The van der Waals surface area contributed by atoms with E-state index in [2.05, 4.69) is 4.74 Å². The Kier molecular flexibility index (Phi) is 3.66. The van der Waals surface area contributed by atoms with Gasteiger partial charge >= 0.3 is 23.9 Å². The first-order valence-electron chi connectivity index (χ1n) is 9.93. The summed E-state index contributed by atoms with van der Waals surface area (Å²) >= 11 is 0. The van der Waals surface area contributed by atoms with Crippen LogP contribution >= 0.6 is 0 Å². The van der Waals surface area contributed by atoms with E-state index in [0.29, 0.717) is 42.9 Å². The van der Waals surface area contributed by atoms with Crippen molar-refractivity contribution in [3.8, 4) is 0 Å². The summed E-state index contributed by atoms with van der Waals surface area (Å²) in [7, 11) is 0. The van der Waals surface area contributed by atoms with Crippen LogP contribution in [-0.4, -0.2) is 41.2 Å². The number of hydrogen-bond donors (Lipinski definition) is 1. The number of alkyl halides is 5. The van der Waals surface area contributed by atoms with E-state index < -0.39 is 42.0 Å². The van der Waals surface area contributed by atoms with E-state index in [1.807, 2.05) is 0 Å². The van der Waals surface area contributed by atoms with Crippen molar-refractivity contribution >= 4 is 5.97 Å². The van der Waals surface area contributed by atoms with Crippen molar-refractivity contribution in [2.24, 2.45) is 41.4 Å². The molecule has 158 valence electrons. The van der Waals surface area contributed by atoms with Gasteiger partial charge in [-0.15, -0.1) is 0 Å². The summed E-state index contributed by atoms with van der Waals surface area (Å²) < 4.78 is 77.1. The molecule has 5 rings (SSSR count). The maximum Gasteiger partial charge on any atom is 0.449 e. The predicted molar refractivity (Wildman–Crippen MR) is 83.9 cm³/mol. The maximum atomic E-state index is 14.5. The summed E-state index contributed by atoms with van der Waals surface area (Å²) in [6.07, 6.45) is -0.755. The lowest BCUT2D eigenvalue weighted by Crippen LogP contribution is -2.63. The summed E-state index contributed by atoms with van der Waals surface area (Å²) in [6.45, 7) is -0.526. The average Bonchev–Trinajstić information content (AvgIpc) is 3.37. The molecule has 0 amide bonds. The molecule has 0 aromatic heterocycles. The van der Waals surface area contributed by atoms with Crippen LogP contribution in [0.25, 0.3) is 0 Å². The van der Waals surface area contributed by atoms with Crippen molar-refractivity contribution in [1.29, 1.82) is 0 Å². The van der Waals surface area contributed by atoms with E-state index in [-0.39, 0.29) is 5.92 Å². The van der Waals surface area contributed by atoms with Crippen molar-refractivity contribution in [2.45, 2.75) is 62.5 Å². The minimum atomic E-state index is -5.72. The van der Waals surface area contributed by atoms with Crippen LogP contribution in [0.2, 0.25) is 0 Å². The molecule has 1 heterocycles. The number of rotatable bonds is 2. The number of carbonyl (C=O) groups excluding carboxylic acids is 1. The van der Waals surface area contributed by atoms with Gasteiger partial charge in [0.25, 0.3) is 0 Å². The van der Waals surface area contributed by atoms with Crippen molar-refractivity contribution < 1.29 is 41.3 Å². The van der Waals surface area contributed by atoms with Gasteiger partial charge in [-0.25, -0.2) is 0 Å². The third kappa shape index (κ3) is 2.10. The highest BCUT2D eigenvalue weighted by molar-refractivity contribution is 5.74. The molecule has 0 spiro atoms. The van der Waals surface area contributed by atoms with E-state index in [1.54, 1.807) is 0 Å². The molecule has 0 radical (unpaired) electrons. The standard InChI is InChI=1S/C19H23F5O4/c1-16(7-27-18(26,17(16,20)21)19(22,23)24)28-15(25)12-6-10-5-11(12)14-9-3-2-8(4-9)13(10)14/h8-14,26H,2-7H2,1H3. The minimum Gasteiger partial charge on any atom is -0.450 e. The monoisotopic (exact) mass is 410 g/mol. The number of aliphatic hydroxyl groups is 1. The number of halogens is 5. The van der Waals surface area contributed by atoms with Crippen LogP contribution in [0.5, 0.6) is 0 Å². The van der Waals surface area contributed by atoms with E-state index in [0.717, 1.165) is 12.8 Å². The summed E-state index contributed by atoms with van der Waals surface area (Å²) in [5.41, 5.74) is -2.87. The Labute approximate surface area is 158 Å². The molecule has 28 heavy (non-hydrogen) atoms. The fraction of sp³-hybridized carbons (Fsp3) is 0.947. The number of fused-ring (bicyclic) bond motifs is 9. The van der Waals surface area contributed by atoms with Gasteiger partial charge in [0.2, 0.25) is 5.60 Å². The number of carbonyl (C=O) groups is 1. The highest BCUT2D eigenvalue weighted by Crippen LogP contribution is 2.69. The van der Waals surface area contributed by atoms with Gasteiger partial charge in [-0.2, -0.15) is 22.0 Å². The smallest absolute Gasteiger partial charge is 0.449 e. The molecule has 5 aliphatic rings. The van der Waals surface area contributed by atoms with Gasteiger partial charge in [-0.3, -0.25) is 4.79 Å². The molecule has 9 atom stereocenters. The summed E-state index contributed by atoms with van der Waals surface area (Å²) in [5.74, 6) is -8.19. The SMILES string of the molecule is CC1(OC(=O)C2CC3CC2C2C4CCC(C4)C32)COC(O)(C(F)(F)F)C1(F)F. The van der Waals surface area contributed by atoms with Crippen molar-refractivity contribution in [2.75, 3.05) is 6.61 Å². The zero-order chi connectivity index (χ0) is 20.3. The third-order valence-corrected chi connectivity index (χ3v) is 8.39. The predicted octanol–water partition coefficient (Wildman–Crippen LogP) is 3.52. The van der Waals surface area contributed by atoms with Gasteiger partial charge in [-0.05, 0) is 74.5 Å². The van der Waals surface area contributed by atoms with Crippen molar-refractivity contribution in [1.82, 2.24) is 0 Å². The molecular weight excluding hydrogens is 387 g/mol. The van der Waals surface area contributed by atoms with Crippen LogP contribution in [0.1, 0.15) is 39.0 Å². The second kappa shape index (κ2) is 5.39. The zero-order valence-corrected chi connectivity index (χ0v) is 15.3. The molecule has 9 unspecified atom stereocenters. The summed E-state index contributed by atoms with van der Waals surface area (Å²) in [4.78, 5) is 12.8. The van der Waals surface area contributed by atoms with Crippen LogP contribution in [0.3, 0.4) is 0 Å². The molecule has 4 aliphatic carbocycles. The van der Waals surface area contributed by atoms with Crippen LogP contribution < -0.4 is 0 Å². The first-order valence-corrected chi connectivity index (χ1v) is 9.93. The van der Waals surface area contributed by atoms with E-state index >= 15 is 0 Å². The number of ether oxygens (including phenoxy) is 2. The minimum absolute atomic E-state index is 0.0684. The lowest BCUT2D eigenvalue weighted by molar-refractivity contribution is -0.409. The van der Waals surface area contributed by atoms with Gasteiger partial charge < -0.3 is 14.6 Å². The summed E-state index contributed by atoms with van der Waals surface area (Å²) in [5, 5.41) is 9.48. The summed E-state index contributed by atoms with van der Waals surface area (Å²) in [6, 6.07) is 0. The zero-order valence-electron chi connectivity index (χ0n) is 15.3. The van der Waals surface area contributed by atoms with Gasteiger partial charge in [0.05, 0.1) is 12.5 Å². The van der Waals surface area contributed by atoms with Crippen LogP contribution in [0.15, 0.2) is 0 Å². The lowest BCUT2D eigenvalue weighted by atomic mass is 9.67. The quantitative estimate of drug-likeness (QED) is 0.430. The molecule has 9 heteroatoms. The Balaban J connectivity index is 1.34. The Bertz CT molecular complexity index is 711. The Morgan fingerprint density at radius 1 is 1.07 bits per heavy atom. The Morgan fingerprint density at radius 3 is 2.32 bits per heavy atom. The van der Waals surface area contributed by atoms with Gasteiger partial charge in [-0.1, -0.05) is 0 Å². The fourth-order valence-electron chi connectivity index (χ4n) is 7.27. The van der Waals surface area contributed by atoms with Crippen molar-refractivity contribution in [3.05, 3.63) is 0 Å². The maximum absolute atomic E-state index is 14.5. The molecule has 4 nitrogen and oxygen atoms in total. The molecule has 4 bridgehead atoms. The molecule has 0 aromatic carbocycles. The van der Waals surface area contributed by atoms with E-state index in [1.165, 1.54) is 12.8 Å². The normalized spacial score (nSPS) is 53.6.